The lowest BCUT2D eigenvalue weighted by atomic mass is 10.1. The zero-order valence-corrected chi connectivity index (χ0v) is 12.5. The average Bonchev–Trinajstić information content (AvgIpc) is 2.96. The second kappa shape index (κ2) is 6.42. The Hall–Kier alpha value is -1.64. The molecule has 7 nitrogen and oxygen atoms in total. The standard InChI is InChI=1S/C13H18N2O5S/c1-19-13(16)11-7-10(21(14,17)18)4-5-12(11)15-8-9-3-2-6-20-9/h4-5,7,9,15H,2-3,6,8H2,1H3,(H2,14,17,18). The van der Waals surface area contributed by atoms with Gasteiger partial charge in [-0.1, -0.05) is 0 Å². The van der Waals surface area contributed by atoms with Crippen molar-refractivity contribution >= 4 is 21.7 Å². The summed E-state index contributed by atoms with van der Waals surface area (Å²) in [5.74, 6) is -0.629. The van der Waals surface area contributed by atoms with Gasteiger partial charge in [0.15, 0.2) is 0 Å². The maximum Gasteiger partial charge on any atom is 0.340 e. The zero-order chi connectivity index (χ0) is 15.5. The van der Waals surface area contributed by atoms with Gasteiger partial charge in [-0.05, 0) is 31.0 Å². The second-order valence-corrected chi connectivity index (χ2v) is 6.32. The number of carbonyl (C=O) groups excluding carboxylic acids is 1. The highest BCUT2D eigenvalue weighted by Crippen LogP contribution is 2.22. The van der Waals surface area contributed by atoms with Gasteiger partial charge in [0.25, 0.3) is 0 Å². The summed E-state index contributed by atoms with van der Waals surface area (Å²) in [5.41, 5.74) is 0.617. The maximum atomic E-state index is 11.8. The van der Waals surface area contributed by atoms with Gasteiger partial charge in [-0.3, -0.25) is 0 Å². The van der Waals surface area contributed by atoms with Crippen molar-refractivity contribution < 1.29 is 22.7 Å². The Morgan fingerprint density at radius 2 is 2.29 bits per heavy atom. The number of methoxy groups -OCH3 is 1. The third-order valence-electron chi connectivity index (χ3n) is 3.27. The molecule has 0 radical (unpaired) electrons. The summed E-state index contributed by atoms with van der Waals surface area (Å²) in [6.07, 6.45) is 2.06. The molecule has 1 atom stereocenters. The van der Waals surface area contributed by atoms with E-state index in [1.807, 2.05) is 0 Å². The van der Waals surface area contributed by atoms with Crippen LogP contribution in [0, 0.1) is 0 Å². The number of hydrogen-bond acceptors (Lipinski definition) is 6. The number of primary sulfonamides is 1. The Balaban J connectivity index is 2.24. The molecule has 21 heavy (non-hydrogen) atoms. The smallest absolute Gasteiger partial charge is 0.340 e. The SMILES string of the molecule is COC(=O)c1cc(S(N)(=O)=O)ccc1NCC1CCCO1. The molecule has 1 aromatic carbocycles. The molecule has 0 saturated carbocycles. The number of sulfonamides is 1. The molecule has 0 spiro atoms. The second-order valence-electron chi connectivity index (χ2n) is 4.76. The molecule has 0 bridgehead atoms. The van der Waals surface area contributed by atoms with E-state index in [-0.39, 0.29) is 16.6 Å². The molecular formula is C13H18N2O5S. The van der Waals surface area contributed by atoms with E-state index in [4.69, 9.17) is 9.88 Å². The first kappa shape index (κ1) is 15.7. The lowest BCUT2D eigenvalue weighted by molar-refractivity contribution is 0.0601. The number of nitrogens with two attached hydrogens (primary N) is 1. The van der Waals surface area contributed by atoms with Crippen LogP contribution in [0.25, 0.3) is 0 Å². The Morgan fingerprint density at radius 3 is 2.86 bits per heavy atom. The van der Waals surface area contributed by atoms with E-state index in [0.29, 0.717) is 12.2 Å². The minimum atomic E-state index is -3.87. The van der Waals surface area contributed by atoms with E-state index in [0.717, 1.165) is 19.4 Å². The van der Waals surface area contributed by atoms with Crippen molar-refractivity contribution in [2.45, 2.75) is 23.8 Å². The first-order valence-electron chi connectivity index (χ1n) is 6.52. The first-order valence-corrected chi connectivity index (χ1v) is 8.07. The fourth-order valence-electron chi connectivity index (χ4n) is 2.16. The van der Waals surface area contributed by atoms with Crippen LogP contribution in [0.15, 0.2) is 23.1 Å². The van der Waals surface area contributed by atoms with Crippen molar-refractivity contribution in [2.24, 2.45) is 5.14 Å². The molecule has 1 saturated heterocycles. The molecule has 1 fully saturated rings. The molecule has 1 aliphatic rings. The molecule has 1 aliphatic heterocycles. The summed E-state index contributed by atoms with van der Waals surface area (Å²) in [6.45, 7) is 1.28. The quantitative estimate of drug-likeness (QED) is 0.775. The van der Waals surface area contributed by atoms with Crippen LogP contribution in [0.5, 0.6) is 0 Å². The van der Waals surface area contributed by atoms with Crippen LogP contribution in [-0.2, 0) is 19.5 Å². The monoisotopic (exact) mass is 314 g/mol. The topological polar surface area (TPSA) is 108 Å². The van der Waals surface area contributed by atoms with Crippen LogP contribution in [0.4, 0.5) is 5.69 Å². The summed E-state index contributed by atoms with van der Waals surface area (Å²) < 4.78 is 32.9. The van der Waals surface area contributed by atoms with Gasteiger partial charge in [0.1, 0.15) is 0 Å². The molecule has 1 unspecified atom stereocenters. The van der Waals surface area contributed by atoms with E-state index in [1.54, 1.807) is 0 Å². The highest BCUT2D eigenvalue weighted by molar-refractivity contribution is 7.89. The van der Waals surface area contributed by atoms with Crippen LogP contribution in [0.1, 0.15) is 23.2 Å². The zero-order valence-electron chi connectivity index (χ0n) is 11.7. The van der Waals surface area contributed by atoms with E-state index in [1.165, 1.54) is 25.3 Å². The Kier molecular flexibility index (Phi) is 4.81. The predicted octanol–water partition coefficient (Wildman–Crippen LogP) is 0.711. The Labute approximate surface area is 123 Å². The number of carbonyl (C=O) groups is 1. The fraction of sp³-hybridized carbons (Fsp3) is 0.462. The number of benzene rings is 1. The highest BCUT2D eigenvalue weighted by Gasteiger charge is 2.19. The van der Waals surface area contributed by atoms with Gasteiger partial charge >= 0.3 is 5.97 Å². The van der Waals surface area contributed by atoms with E-state index in [2.05, 4.69) is 10.1 Å². The Bertz CT molecular complexity index is 623. The molecular weight excluding hydrogens is 296 g/mol. The molecule has 1 aromatic rings. The predicted molar refractivity (Wildman–Crippen MR) is 76.6 cm³/mol. The molecule has 3 N–H and O–H groups in total. The van der Waals surface area contributed by atoms with Crippen LogP contribution >= 0.6 is 0 Å². The molecule has 2 rings (SSSR count). The summed E-state index contributed by atoms with van der Waals surface area (Å²) in [4.78, 5) is 11.6. The number of ether oxygens (including phenoxy) is 2. The van der Waals surface area contributed by atoms with E-state index < -0.39 is 16.0 Å². The summed E-state index contributed by atoms with van der Waals surface area (Å²) in [7, 11) is -2.64. The summed E-state index contributed by atoms with van der Waals surface area (Å²) in [5, 5.41) is 8.16. The van der Waals surface area contributed by atoms with Gasteiger partial charge in [-0.2, -0.15) is 0 Å². The van der Waals surface area contributed by atoms with Crippen LogP contribution in [-0.4, -0.2) is 40.8 Å². The minimum Gasteiger partial charge on any atom is -0.465 e. The highest BCUT2D eigenvalue weighted by atomic mass is 32.2. The van der Waals surface area contributed by atoms with E-state index >= 15 is 0 Å². The van der Waals surface area contributed by atoms with Crippen molar-refractivity contribution in [1.29, 1.82) is 0 Å². The fourth-order valence-corrected chi connectivity index (χ4v) is 2.70. The third kappa shape index (κ3) is 3.93. The third-order valence-corrected chi connectivity index (χ3v) is 4.18. The summed E-state index contributed by atoms with van der Waals surface area (Å²) in [6, 6.07) is 4.06. The van der Waals surface area contributed by atoms with Gasteiger partial charge in [-0.25, -0.2) is 18.4 Å². The number of rotatable bonds is 5. The number of nitrogens with one attached hydrogen (secondary N) is 1. The lowest BCUT2D eigenvalue weighted by Gasteiger charge is -2.15. The van der Waals surface area contributed by atoms with Crippen molar-refractivity contribution in [3.8, 4) is 0 Å². The largest absolute Gasteiger partial charge is 0.465 e. The molecule has 116 valence electrons. The lowest BCUT2D eigenvalue weighted by Crippen LogP contribution is -2.20. The summed E-state index contributed by atoms with van der Waals surface area (Å²) >= 11 is 0. The molecule has 1 heterocycles. The normalized spacial score (nSPS) is 18.5. The molecule has 0 aliphatic carbocycles. The average molecular weight is 314 g/mol. The molecule has 0 aromatic heterocycles. The van der Waals surface area contributed by atoms with Crippen LogP contribution in [0.2, 0.25) is 0 Å². The van der Waals surface area contributed by atoms with Crippen LogP contribution < -0.4 is 10.5 Å². The maximum absolute atomic E-state index is 11.8. The minimum absolute atomic E-state index is 0.0911. The van der Waals surface area contributed by atoms with E-state index in [9.17, 15) is 13.2 Å². The van der Waals surface area contributed by atoms with Gasteiger partial charge < -0.3 is 14.8 Å². The van der Waals surface area contributed by atoms with Gasteiger partial charge in [-0.15, -0.1) is 0 Å². The van der Waals surface area contributed by atoms with Gasteiger partial charge in [0.2, 0.25) is 10.0 Å². The first-order chi connectivity index (χ1) is 9.91. The van der Waals surface area contributed by atoms with Crippen molar-refractivity contribution in [1.82, 2.24) is 0 Å². The number of esters is 1. The molecule has 8 heteroatoms. The Morgan fingerprint density at radius 1 is 1.52 bits per heavy atom. The van der Waals surface area contributed by atoms with Crippen molar-refractivity contribution in [2.75, 3.05) is 25.6 Å². The van der Waals surface area contributed by atoms with Gasteiger partial charge in [0, 0.05) is 18.8 Å². The number of anilines is 1. The van der Waals surface area contributed by atoms with Gasteiger partial charge in [0.05, 0.1) is 23.7 Å². The van der Waals surface area contributed by atoms with Crippen LogP contribution in [0.3, 0.4) is 0 Å². The van der Waals surface area contributed by atoms with Crippen molar-refractivity contribution in [3.05, 3.63) is 23.8 Å². The number of hydrogen-bond donors (Lipinski definition) is 2. The molecule has 0 amide bonds. The van der Waals surface area contributed by atoms with Crippen molar-refractivity contribution in [3.63, 3.8) is 0 Å².